The lowest BCUT2D eigenvalue weighted by Gasteiger charge is -2.12. The molecule has 2 heterocycles. The highest BCUT2D eigenvalue weighted by atomic mass is 32.2. The minimum Gasteiger partial charge on any atom is -0.361 e. The van der Waals surface area contributed by atoms with Crippen molar-refractivity contribution in [2.24, 2.45) is 0 Å². The third-order valence-electron chi connectivity index (χ3n) is 3.15. The van der Waals surface area contributed by atoms with Crippen LogP contribution in [0.5, 0.6) is 0 Å². The van der Waals surface area contributed by atoms with Crippen molar-refractivity contribution >= 4 is 21.3 Å². The fourth-order valence-electron chi connectivity index (χ4n) is 2.26. The van der Waals surface area contributed by atoms with Crippen molar-refractivity contribution in [1.29, 1.82) is 0 Å². The maximum absolute atomic E-state index is 11.4. The molecule has 1 N–H and O–H groups in total. The van der Waals surface area contributed by atoms with Crippen LogP contribution in [0.3, 0.4) is 0 Å². The summed E-state index contributed by atoms with van der Waals surface area (Å²) >= 11 is 0. The van der Waals surface area contributed by atoms with Crippen LogP contribution in [-0.2, 0) is 16.4 Å². The SMILES string of the molecule is CCn1nc(C)c([N+](=O)[O-])c1N[C@H]1CCS(=O)(=O)C1. The first-order chi connectivity index (χ1) is 8.84. The van der Waals surface area contributed by atoms with Crippen LogP contribution >= 0.6 is 0 Å². The Hall–Kier alpha value is -1.64. The molecule has 2 rings (SSSR count). The lowest BCUT2D eigenvalue weighted by atomic mass is 10.2. The second kappa shape index (κ2) is 4.80. The van der Waals surface area contributed by atoms with Gasteiger partial charge in [-0.25, -0.2) is 13.1 Å². The van der Waals surface area contributed by atoms with Crippen molar-refractivity contribution in [3.63, 3.8) is 0 Å². The molecule has 1 saturated heterocycles. The summed E-state index contributed by atoms with van der Waals surface area (Å²) in [7, 11) is -3.02. The summed E-state index contributed by atoms with van der Waals surface area (Å²) in [5.41, 5.74) is 0.251. The molecule has 0 aliphatic carbocycles. The van der Waals surface area contributed by atoms with Crippen molar-refractivity contribution in [1.82, 2.24) is 9.78 Å². The summed E-state index contributed by atoms with van der Waals surface area (Å²) in [5, 5.41) is 18.1. The Morgan fingerprint density at radius 1 is 1.58 bits per heavy atom. The normalized spacial score (nSPS) is 21.5. The minimum absolute atomic E-state index is 0.0120. The summed E-state index contributed by atoms with van der Waals surface area (Å²) in [5.74, 6) is 0.433. The van der Waals surface area contributed by atoms with Crippen LogP contribution in [-0.4, -0.2) is 40.7 Å². The summed E-state index contributed by atoms with van der Waals surface area (Å²) in [6.07, 6.45) is 0.466. The van der Waals surface area contributed by atoms with E-state index in [1.54, 1.807) is 6.92 Å². The molecule has 1 aromatic rings. The zero-order valence-electron chi connectivity index (χ0n) is 10.8. The van der Waals surface area contributed by atoms with Crippen LogP contribution in [0.2, 0.25) is 0 Å². The van der Waals surface area contributed by atoms with Crippen molar-refractivity contribution in [2.75, 3.05) is 16.8 Å². The number of anilines is 1. The summed E-state index contributed by atoms with van der Waals surface area (Å²) in [6, 6.07) is -0.287. The van der Waals surface area contributed by atoms with E-state index in [0.29, 0.717) is 24.5 Å². The summed E-state index contributed by atoms with van der Waals surface area (Å²) in [4.78, 5) is 10.6. The molecule has 0 bridgehead atoms. The summed E-state index contributed by atoms with van der Waals surface area (Å²) < 4.78 is 24.3. The van der Waals surface area contributed by atoms with Gasteiger partial charge in [-0.2, -0.15) is 5.10 Å². The number of nitrogens with zero attached hydrogens (tertiary/aromatic N) is 3. The zero-order valence-corrected chi connectivity index (χ0v) is 11.6. The van der Waals surface area contributed by atoms with Crippen molar-refractivity contribution in [3.05, 3.63) is 15.8 Å². The average Bonchev–Trinajstić information content (AvgIpc) is 2.79. The van der Waals surface area contributed by atoms with E-state index in [4.69, 9.17) is 0 Å². The maximum Gasteiger partial charge on any atom is 0.333 e. The first-order valence-corrected chi connectivity index (χ1v) is 7.85. The molecule has 0 saturated carbocycles. The van der Waals surface area contributed by atoms with E-state index in [-0.39, 0.29) is 23.2 Å². The van der Waals surface area contributed by atoms with Crippen molar-refractivity contribution in [2.45, 2.75) is 32.9 Å². The van der Waals surface area contributed by atoms with Crippen LogP contribution in [0, 0.1) is 17.0 Å². The predicted molar refractivity (Wildman–Crippen MR) is 70.0 cm³/mol. The van der Waals surface area contributed by atoms with Gasteiger partial charge in [0.1, 0.15) is 5.69 Å². The molecule has 0 radical (unpaired) electrons. The molecule has 8 nitrogen and oxygen atoms in total. The first-order valence-electron chi connectivity index (χ1n) is 6.03. The van der Waals surface area contributed by atoms with E-state index < -0.39 is 14.8 Å². The van der Waals surface area contributed by atoms with E-state index in [1.807, 2.05) is 6.92 Å². The highest BCUT2D eigenvalue weighted by Crippen LogP contribution is 2.30. The molecular weight excluding hydrogens is 272 g/mol. The smallest absolute Gasteiger partial charge is 0.333 e. The molecular formula is C10H16N4O4S. The molecule has 106 valence electrons. The largest absolute Gasteiger partial charge is 0.361 e. The summed E-state index contributed by atoms with van der Waals surface area (Å²) in [6.45, 7) is 3.88. The highest BCUT2D eigenvalue weighted by Gasteiger charge is 2.32. The minimum atomic E-state index is -3.02. The maximum atomic E-state index is 11.4. The fourth-order valence-corrected chi connectivity index (χ4v) is 3.94. The van der Waals surface area contributed by atoms with E-state index >= 15 is 0 Å². The van der Waals surface area contributed by atoms with Crippen molar-refractivity contribution < 1.29 is 13.3 Å². The molecule has 19 heavy (non-hydrogen) atoms. The topological polar surface area (TPSA) is 107 Å². The fraction of sp³-hybridized carbons (Fsp3) is 0.700. The quantitative estimate of drug-likeness (QED) is 0.646. The Morgan fingerprint density at radius 2 is 2.26 bits per heavy atom. The Bertz CT molecular complexity index is 607. The van der Waals surface area contributed by atoms with E-state index in [2.05, 4.69) is 10.4 Å². The Morgan fingerprint density at radius 3 is 2.74 bits per heavy atom. The molecule has 1 aromatic heterocycles. The number of aromatic nitrogens is 2. The predicted octanol–water partition coefficient (Wildman–Crippen LogP) is 0.719. The highest BCUT2D eigenvalue weighted by molar-refractivity contribution is 7.91. The van der Waals surface area contributed by atoms with Gasteiger partial charge in [-0.15, -0.1) is 0 Å². The number of nitro groups is 1. The zero-order chi connectivity index (χ0) is 14.2. The third-order valence-corrected chi connectivity index (χ3v) is 4.92. The molecule has 1 atom stereocenters. The number of rotatable bonds is 4. The lowest BCUT2D eigenvalue weighted by Crippen LogP contribution is -2.23. The van der Waals surface area contributed by atoms with Gasteiger partial charge in [-0.05, 0) is 20.3 Å². The van der Waals surface area contributed by atoms with Gasteiger partial charge < -0.3 is 5.32 Å². The first kappa shape index (κ1) is 13.8. The van der Waals surface area contributed by atoms with Gasteiger partial charge in [-0.3, -0.25) is 10.1 Å². The number of hydrogen-bond donors (Lipinski definition) is 1. The molecule has 0 spiro atoms. The number of nitrogens with one attached hydrogen (secondary N) is 1. The third kappa shape index (κ3) is 2.70. The van der Waals surface area contributed by atoms with Crippen LogP contribution in [0.15, 0.2) is 0 Å². The van der Waals surface area contributed by atoms with Crippen LogP contribution in [0.1, 0.15) is 19.0 Å². The number of sulfone groups is 1. The van der Waals surface area contributed by atoms with Crippen LogP contribution in [0.25, 0.3) is 0 Å². The number of aryl methyl sites for hydroxylation is 2. The second-order valence-electron chi connectivity index (χ2n) is 4.60. The van der Waals surface area contributed by atoms with E-state index in [0.717, 1.165) is 0 Å². The van der Waals surface area contributed by atoms with Gasteiger partial charge in [-0.1, -0.05) is 0 Å². The van der Waals surface area contributed by atoms with Crippen LogP contribution in [0.4, 0.5) is 11.5 Å². The Balaban J connectivity index is 2.31. The standard InChI is InChI=1S/C10H16N4O4S/c1-3-13-10(9(14(15)16)7(2)12-13)11-8-4-5-19(17,18)6-8/h8,11H,3-6H2,1-2H3/t8-/m0/s1. The second-order valence-corrected chi connectivity index (χ2v) is 6.83. The van der Waals surface area contributed by atoms with Gasteiger partial charge in [0.25, 0.3) is 0 Å². The molecule has 9 heteroatoms. The van der Waals surface area contributed by atoms with Gasteiger partial charge in [0.05, 0.1) is 16.4 Å². The van der Waals surface area contributed by atoms with Crippen LogP contribution < -0.4 is 5.32 Å². The molecule has 1 aliphatic heterocycles. The average molecular weight is 288 g/mol. The van der Waals surface area contributed by atoms with Crippen molar-refractivity contribution in [3.8, 4) is 0 Å². The molecule has 1 fully saturated rings. The van der Waals surface area contributed by atoms with E-state index in [9.17, 15) is 18.5 Å². The molecule has 0 aromatic carbocycles. The molecule has 1 aliphatic rings. The van der Waals surface area contributed by atoms with E-state index in [1.165, 1.54) is 4.68 Å². The molecule has 0 amide bonds. The monoisotopic (exact) mass is 288 g/mol. The van der Waals surface area contributed by atoms with Gasteiger partial charge in [0, 0.05) is 12.6 Å². The Labute approximate surface area is 110 Å². The Kier molecular flexibility index (Phi) is 3.48. The van der Waals surface area contributed by atoms with Gasteiger partial charge in [0.2, 0.25) is 5.82 Å². The lowest BCUT2D eigenvalue weighted by molar-refractivity contribution is -0.384. The number of hydrogen-bond acceptors (Lipinski definition) is 6. The molecule has 0 unspecified atom stereocenters. The van der Waals surface area contributed by atoms with Gasteiger partial charge in [0.15, 0.2) is 9.84 Å². The van der Waals surface area contributed by atoms with Gasteiger partial charge >= 0.3 is 5.69 Å².